The predicted molar refractivity (Wildman–Crippen MR) is 54.5 cm³/mol. The van der Waals surface area contributed by atoms with Crippen LogP contribution in [0.25, 0.3) is 16.3 Å². The van der Waals surface area contributed by atoms with E-state index in [-0.39, 0.29) is 0 Å². The zero-order valence-corrected chi connectivity index (χ0v) is 7.77. The van der Waals surface area contributed by atoms with E-state index >= 15 is 0 Å². The number of thiophene rings is 1. The summed E-state index contributed by atoms with van der Waals surface area (Å²) < 4.78 is 0. The minimum absolute atomic E-state index is 1.06. The van der Waals surface area contributed by atoms with Crippen molar-refractivity contribution in [3.05, 3.63) is 34.8 Å². The molecule has 0 N–H and O–H groups in total. The lowest BCUT2D eigenvalue weighted by Crippen LogP contribution is -1.70. The van der Waals surface area contributed by atoms with Gasteiger partial charge in [-0.1, -0.05) is 11.6 Å². The SMILES string of the molecule is Cl/C=C/c1csc2ncccc12. The molecule has 0 fully saturated rings. The van der Waals surface area contributed by atoms with E-state index in [0.29, 0.717) is 0 Å². The Bertz CT molecular complexity index is 419. The lowest BCUT2D eigenvalue weighted by molar-refractivity contribution is 1.45. The summed E-state index contributed by atoms with van der Waals surface area (Å²) >= 11 is 7.13. The van der Waals surface area contributed by atoms with Gasteiger partial charge in [0.25, 0.3) is 0 Å². The van der Waals surface area contributed by atoms with E-state index in [2.05, 4.69) is 10.4 Å². The van der Waals surface area contributed by atoms with Gasteiger partial charge in [0, 0.05) is 22.5 Å². The van der Waals surface area contributed by atoms with E-state index in [0.717, 1.165) is 10.4 Å². The maximum absolute atomic E-state index is 5.50. The molecular formula is C9H6ClNS. The van der Waals surface area contributed by atoms with Gasteiger partial charge in [-0.15, -0.1) is 11.3 Å². The Balaban J connectivity index is 2.70. The highest BCUT2D eigenvalue weighted by molar-refractivity contribution is 7.17. The van der Waals surface area contributed by atoms with Crippen LogP contribution in [0.2, 0.25) is 0 Å². The molecule has 12 heavy (non-hydrogen) atoms. The molecule has 0 bridgehead atoms. The summed E-state index contributed by atoms with van der Waals surface area (Å²) in [6.07, 6.45) is 3.68. The largest absolute Gasteiger partial charge is 0.245 e. The molecule has 0 atom stereocenters. The van der Waals surface area contributed by atoms with Gasteiger partial charge < -0.3 is 0 Å². The minimum atomic E-state index is 1.06. The van der Waals surface area contributed by atoms with Crippen LogP contribution >= 0.6 is 22.9 Å². The first-order valence-electron chi connectivity index (χ1n) is 3.51. The van der Waals surface area contributed by atoms with Gasteiger partial charge in [0.1, 0.15) is 4.83 Å². The smallest absolute Gasteiger partial charge is 0.123 e. The maximum Gasteiger partial charge on any atom is 0.123 e. The Morgan fingerprint density at radius 3 is 3.25 bits per heavy atom. The minimum Gasteiger partial charge on any atom is -0.245 e. The van der Waals surface area contributed by atoms with Gasteiger partial charge in [-0.3, -0.25) is 0 Å². The van der Waals surface area contributed by atoms with Gasteiger partial charge in [-0.25, -0.2) is 4.98 Å². The van der Waals surface area contributed by atoms with Crippen LogP contribution in [0.15, 0.2) is 29.2 Å². The molecule has 0 aliphatic heterocycles. The van der Waals surface area contributed by atoms with Crippen LogP contribution in [-0.2, 0) is 0 Å². The van der Waals surface area contributed by atoms with E-state index in [9.17, 15) is 0 Å². The number of halogens is 1. The molecule has 2 aromatic rings. The summed E-state index contributed by atoms with van der Waals surface area (Å²) in [6.45, 7) is 0. The fourth-order valence-corrected chi connectivity index (χ4v) is 2.10. The number of hydrogen-bond donors (Lipinski definition) is 0. The quantitative estimate of drug-likeness (QED) is 0.679. The molecule has 60 valence electrons. The molecule has 2 aromatic heterocycles. The number of pyridine rings is 1. The molecule has 0 unspecified atom stereocenters. The average Bonchev–Trinajstić information content (AvgIpc) is 2.50. The van der Waals surface area contributed by atoms with Gasteiger partial charge >= 0.3 is 0 Å². The Hall–Kier alpha value is -0.860. The van der Waals surface area contributed by atoms with Crippen LogP contribution in [0, 0.1) is 0 Å². The highest BCUT2D eigenvalue weighted by Gasteiger charge is 1.99. The molecule has 2 rings (SSSR count). The van der Waals surface area contributed by atoms with Gasteiger partial charge in [-0.05, 0) is 23.8 Å². The highest BCUT2D eigenvalue weighted by Crippen LogP contribution is 2.24. The van der Waals surface area contributed by atoms with Crippen molar-refractivity contribution in [2.75, 3.05) is 0 Å². The number of fused-ring (bicyclic) bond motifs is 1. The third kappa shape index (κ3) is 1.24. The second-order valence-electron chi connectivity index (χ2n) is 2.34. The molecule has 1 nitrogen and oxygen atoms in total. The topological polar surface area (TPSA) is 12.9 Å². The third-order valence-corrected chi connectivity index (χ3v) is 2.67. The number of aromatic nitrogens is 1. The van der Waals surface area contributed by atoms with E-state index in [1.54, 1.807) is 17.5 Å². The van der Waals surface area contributed by atoms with Gasteiger partial charge in [-0.2, -0.15) is 0 Å². The number of rotatable bonds is 1. The predicted octanol–water partition coefficient (Wildman–Crippen LogP) is 3.51. The molecule has 0 radical (unpaired) electrons. The Morgan fingerprint density at radius 1 is 1.50 bits per heavy atom. The second kappa shape index (κ2) is 3.25. The van der Waals surface area contributed by atoms with Crippen LogP contribution in [0.4, 0.5) is 0 Å². The van der Waals surface area contributed by atoms with Crippen LogP contribution in [0.5, 0.6) is 0 Å². The molecule has 0 saturated heterocycles. The normalized spacial score (nSPS) is 11.4. The first kappa shape index (κ1) is 7.77. The van der Waals surface area contributed by atoms with Crippen LogP contribution in [0.3, 0.4) is 0 Å². The lowest BCUT2D eigenvalue weighted by atomic mass is 10.2. The first-order valence-corrected chi connectivity index (χ1v) is 4.82. The Labute approximate surface area is 79.3 Å². The zero-order valence-electron chi connectivity index (χ0n) is 6.20. The molecule has 0 aliphatic carbocycles. The van der Waals surface area contributed by atoms with Crippen molar-refractivity contribution in [2.24, 2.45) is 0 Å². The first-order chi connectivity index (χ1) is 5.92. The molecule has 0 aliphatic rings. The molecule has 3 heteroatoms. The summed E-state index contributed by atoms with van der Waals surface area (Å²) in [6, 6.07) is 3.98. The summed E-state index contributed by atoms with van der Waals surface area (Å²) in [5.41, 5.74) is 2.66. The molecule has 2 heterocycles. The molecule has 0 saturated carbocycles. The van der Waals surface area contributed by atoms with Crippen molar-refractivity contribution in [3.63, 3.8) is 0 Å². The monoisotopic (exact) mass is 195 g/mol. The van der Waals surface area contributed by atoms with E-state index in [1.807, 2.05) is 18.2 Å². The molecule has 0 aromatic carbocycles. The molecular weight excluding hydrogens is 190 g/mol. The summed E-state index contributed by atoms with van der Waals surface area (Å²) in [5.74, 6) is 0. The van der Waals surface area contributed by atoms with Crippen LogP contribution in [0.1, 0.15) is 5.56 Å². The number of nitrogens with zero attached hydrogens (tertiary/aromatic N) is 1. The van der Waals surface area contributed by atoms with Gasteiger partial charge in [0.15, 0.2) is 0 Å². The van der Waals surface area contributed by atoms with Crippen molar-refractivity contribution in [2.45, 2.75) is 0 Å². The summed E-state index contributed by atoms with van der Waals surface area (Å²) in [5, 5.41) is 3.22. The van der Waals surface area contributed by atoms with E-state index in [4.69, 9.17) is 11.6 Å². The fourth-order valence-electron chi connectivity index (χ4n) is 1.08. The maximum atomic E-state index is 5.50. The Kier molecular flexibility index (Phi) is 2.11. The lowest BCUT2D eigenvalue weighted by Gasteiger charge is -1.87. The standard InChI is InChI=1S/C9H6ClNS/c10-4-3-7-6-12-9-8(7)2-1-5-11-9/h1-6H/b4-3+. The third-order valence-electron chi connectivity index (χ3n) is 1.62. The fraction of sp³-hybridized carbons (Fsp3) is 0. The summed E-state index contributed by atoms with van der Waals surface area (Å²) in [4.78, 5) is 5.28. The Morgan fingerprint density at radius 2 is 2.42 bits per heavy atom. The van der Waals surface area contributed by atoms with Crippen LogP contribution in [-0.4, -0.2) is 4.98 Å². The molecule has 0 amide bonds. The number of hydrogen-bond acceptors (Lipinski definition) is 2. The zero-order chi connectivity index (χ0) is 8.39. The van der Waals surface area contributed by atoms with Crippen molar-refractivity contribution < 1.29 is 0 Å². The second-order valence-corrected chi connectivity index (χ2v) is 3.45. The summed E-state index contributed by atoms with van der Waals surface area (Å²) in [7, 11) is 0. The average molecular weight is 196 g/mol. The van der Waals surface area contributed by atoms with Gasteiger partial charge in [0.2, 0.25) is 0 Å². The van der Waals surface area contributed by atoms with E-state index in [1.165, 1.54) is 10.9 Å². The van der Waals surface area contributed by atoms with E-state index < -0.39 is 0 Å². The highest BCUT2D eigenvalue weighted by atomic mass is 35.5. The van der Waals surface area contributed by atoms with Gasteiger partial charge in [0.05, 0.1) is 0 Å². The van der Waals surface area contributed by atoms with Crippen molar-refractivity contribution in [3.8, 4) is 0 Å². The van der Waals surface area contributed by atoms with Crippen molar-refractivity contribution >= 4 is 39.2 Å². The molecule has 0 spiro atoms. The van der Waals surface area contributed by atoms with Crippen molar-refractivity contribution in [1.29, 1.82) is 0 Å². The van der Waals surface area contributed by atoms with Crippen molar-refractivity contribution in [1.82, 2.24) is 4.98 Å². The van der Waals surface area contributed by atoms with Crippen LogP contribution < -0.4 is 0 Å².